The zero-order valence-electron chi connectivity index (χ0n) is 14.3. The molecule has 2 unspecified atom stereocenters. The molecule has 134 valence electrons. The van der Waals surface area contributed by atoms with Gasteiger partial charge in [-0.15, -0.1) is 12.4 Å². The Morgan fingerprint density at radius 3 is 2.71 bits per heavy atom. The number of nitrogens with one attached hydrogen (secondary N) is 1. The summed E-state index contributed by atoms with van der Waals surface area (Å²) in [5, 5.41) is 8.04. The average Bonchev–Trinajstić information content (AvgIpc) is 3.34. The molecule has 1 N–H and O–H groups in total. The maximum absolute atomic E-state index is 12.9. The third kappa shape index (κ3) is 3.47. The first-order valence-corrected chi connectivity index (χ1v) is 9.40. The van der Waals surface area contributed by atoms with Crippen LogP contribution in [-0.4, -0.2) is 46.3 Å². The van der Waals surface area contributed by atoms with Crippen LogP contribution in [0, 0.1) is 5.92 Å². The van der Waals surface area contributed by atoms with E-state index in [1.54, 1.807) is 0 Å². The van der Waals surface area contributed by atoms with Crippen molar-refractivity contribution in [2.24, 2.45) is 5.92 Å². The number of halogens is 1. The summed E-state index contributed by atoms with van der Waals surface area (Å²) in [5.41, 5.74) is 0.639. The molecule has 2 atom stereocenters. The minimum Gasteiger partial charge on any atom is -0.334 e. The van der Waals surface area contributed by atoms with Crippen molar-refractivity contribution in [2.45, 2.75) is 63.5 Å². The molecule has 1 aliphatic carbocycles. The van der Waals surface area contributed by atoms with Crippen LogP contribution in [-0.2, 0) is 0 Å². The highest BCUT2D eigenvalue weighted by Crippen LogP contribution is 2.36. The van der Waals surface area contributed by atoms with Crippen molar-refractivity contribution in [3.63, 3.8) is 0 Å². The summed E-state index contributed by atoms with van der Waals surface area (Å²) in [6.07, 6.45) is 11.9. The summed E-state index contributed by atoms with van der Waals surface area (Å²) in [5.74, 6) is 0.882. The first-order valence-electron chi connectivity index (χ1n) is 9.40. The van der Waals surface area contributed by atoms with E-state index in [4.69, 9.17) is 0 Å². The van der Waals surface area contributed by atoms with E-state index in [0.717, 1.165) is 38.4 Å². The smallest absolute Gasteiger partial charge is 0.274 e. The van der Waals surface area contributed by atoms with Crippen LogP contribution >= 0.6 is 12.4 Å². The highest BCUT2D eigenvalue weighted by Gasteiger charge is 2.36. The molecule has 6 heteroatoms. The maximum Gasteiger partial charge on any atom is 0.274 e. The van der Waals surface area contributed by atoms with Crippen LogP contribution in [0.15, 0.2) is 12.3 Å². The molecule has 2 saturated heterocycles. The average molecular weight is 353 g/mol. The van der Waals surface area contributed by atoms with E-state index >= 15 is 0 Å². The SMILES string of the molecule is Cl.O=C(c1ccn(C2CCCNC2)n1)N1CCCC1C1CCCC1. The van der Waals surface area contributed by atoms with E-state index in [1.165, 1.54) is 38.5 Å². The van der Waals surface area contributed by atoms with Crippen molar-refractivity contribution in [3.05, 3.63) is 18.0 Å². The zero-order valence-corrected chi connectivity index (χ0v) is 15.1. The minimum atomic E-state index is 0. The molecule has 0 aromatic carbocycles. The highest BCUT2D eigenvalue weighted by atomic mass is 35.5. The second-order valence-corrected chi connectivity index (χ2v) is 7.43. The van der Waals surface area contributed by atoms with E-state index < -0.39 is 0 Å². The van der Waals surface area contributed by atoms with Gasteiger partial charge < -0.3 is 10.2 Å². The lowest BCUT2D eigenvalue weighted by Crippen LogP contribution is -2.39. The second kappa shape index (κ2) is 7.87. The summed E-state index contributed by atoms with van der Waals surface area (Å²) in [6, 6.07) is 2.78. The van der Waals surface area contributed by atoms with E-state index in [9.17, 15) is 4.79 Å². The van der Waals surface area contributed by atoms with Crippen LogP contribution in [0.4, 0.5) is 0 Å². The monoisotopic (exact) mass is 352 g/mol. The first-order chi connectivity index (χ1) is 11.3. The van der Waals surface area contributed by atoms with Crippen molar-refractivity contribution in [3.8, 4) is 0 Å². The Kier molecular flexibility index (Phi) is 5.82. The van der Waals surface area contributed by atoms with Gasteiger partial charge in [0.1, 0.15) is 5.69 Å². The topological polar surface area (TPSA) is 50.2 Å². The molecule has 0 radical (unpaired) electrons. The molecule has 3 fully saturated rings. The fourth-order valence-corrected chi connectivity index (χ4v) is 4.74. The van der Waals surface area contributed by atoms with Crippen LogP contribution in [0.25, 0.3) is 0 Å². The van der Waals surface area contributed by atoms with Crippen LogP contribution < -0.4 is 5.32 Å². The molecule has 1 aromatic rings. The van der Waals surface area contributed by atoms with E-state index in [0.29, 0.717) is 17.8 Å². The molecule has 4 rings (SSSR count). The fourth-order valence-electron chi connectivity index (χ4n) is 4.74. The van der Waals surface area contributed by atoms with Gasteiger partial charge in [0.15, 0.2) is 0 Å². The van der Waals surface area contributed by atoms with Crippen LogP contribution in [0.2, 0.25) is 0 Å². The summed E-state index contributed by atoms with van der Waals surface area (Å²) in [4.78, 5) is 15.1. The Balaban J connectivity index is 0.00000169. The number of carbonyl (C=O) groups excluding carboxylic acids is 1. The molecule has 1 amide bonds. The molecular formula is C18H29ClN4O. The van der Waals surface area contributed by atoms with Gasteiger partial charge in [0.2, 0.25) is 0 Å². The molecule has 3 aliphatic rings. The Hall–Kier alpha value is -1.07. The van der Waals surface area contributed by atoms with Crippen molar-refractivity contribution in [2.75, 3.05) is 19.6 Å². The number of likely N-dealkylation sites (tertiary alicyclic amines) is 1. The van der Waals surface area contributed by atoms with E-state index in [1.807, 2.05) is 16.9 Å². The Morgan fingerprint density at radius 1 is 1.12 bits per heavy atom. The molecule has 0 bridgehead atoms. The van der Waals surface area contributed by atoms with Gasteiger partial charge in [0, 0.05) is 25.3 Å². The second-order valence-electron chi connectivity index (χ2n) is 7.43. The lowest BCUT2D eigenvalue weighted by Gasteiger charge is -2.29. The van der Waals surface area contributed by atoms with Gasteiger partial charge in [-0.25, -0.2) is 0 Å². The summed E-state index contributed by atoms with van der Waals surface area (Å²) in [7, 11) is 0. The molecule has 3 heterocycles. The van der Waals surface area contributed by atoms with Gasteiger partial charge in [-0.2, -0.15) is 5.10 Å². The molecule has 2 aliphatic heterocycles. The van der Waals surface area contributed by atoms with Crippen molar-refractivity contribution >= 4 is 18.3 Å². The Bertz CT molecular complexity index is 549. The largest absolute Gasteiger partial charge is 0.334 e. The molecule has 5 nitrogen and oxygen atoms in total. The molecule has 24 heavy (non-hydrogen) atoms. The van der Waals surface area contributed by atoms with Crippen LogP contribution in [0.5, 0.6) is 0 Å². The predicted octanol–water partition coefficient (Wildman–Crippen LogP) is 3.02. The third-order valence-corrected chi connectivity index (χ3v) is 5.98. The number of rotatable bonds is 3. The van der Waals surface area contributed by atoms with Gasteiger partial charge in [0.05, 0.1) is 6.04 Å². The van der Waals surface area contributed by atoms with E-state index in [2.05, 4.69) is 15.3 Å². The van der Waals surface area contributed by atoms with Crippen molar-refractivity contribution in [1.82, 2.24) is 20.0 Å². The molecule has 1 aromatic heterocycles. The number of aromatic nitrogens is 2. The standard InChI is InChI=1S/C18H28N4O.ClH/c23-18(21-11-4-8-17(21)14-5-1-2-6-14)16-9-12-22(20-16)15-7-3-10-19-13-15;/h9,12,14-15,17,19H,1-8,10-11,13H2;1H. The number of nitrogens with zero attached hydrogens (tertiary/aromatic N) is 3. The molecule has 0 spiro atoms. The number of piperidine rings is 1. The fraction of sp³-hybridized carbons (Fsp3) is 0.778. The summed E-state index contributed by atoms with van der Waals surface area (Å²) >= 11 is 0. The Morgan fingerprint density at radius 2 is 1.96 bits per heavy atom. The number of hydrogen-bond acceptors (Lipinski definition) is 3. The zero-order chi connectivity index (χ0) is 15.6. The van der Waals surface area contributed by atoms with Crippen molar-refractivity contribution < 1.29 is 4.79 Å². The highest BCUT2D eigenvalue weighted by molar-refractivity contribution is 5.92. The third-order valence-electron chi connectivity index (χ3n) is 5.98. The normalized spacial score (nSPS) is 28.1. The summed E-state index contributed by atoms with van der Waals surface area (Å²) < 4.78 is 2.00. The summed E-state index contributed by atoms with van der Waals surface area (Å²) in [6.45, 7) is 2.97. The van der Waals surface area contributed by atoms with Gasteiger partial charge >= 0.3 is 0 Å². The lowest BCUT2D eigenvalue weighted by molar-refractivity contribution is 0.0681. The predicted molar refractivity (Wildman–Crippen MR) is 96.6 cm³/mol. The number of carbonyl (C=O) groups is 1. The van der Waals surface area contributed by atoms with Gasteiger partial charge in [-0.05, 0) is 57.1 Å². The van der Waals surface area contributed by atoms with Gasteiger partial charge in [-0.1, -0.05) is 12.8 Å². The lowest BCUT2D eigenvalue weighted by atomic mass is 9.96. The minimum absolute atomic E-state index is 0. The number of amides is 1. The molecule has 1 saturated carbocycles. The maximum atomic E-state index is 12.9. The quantitative estimate of drug-likeness (QED) is 0.909. The van der Waals surface area contributed by atoms with Crippen LogP contribution in [0.3, 0.4) is 0 Å². The van der Waals surface area contributed by atoms with Crippen molar-refractivity contribution in [1.29, 1.82) is 0 Å². The van der Waals surface area contributed by atoms with Gasteiger partial charge in [-0.3, -0.25) is 9.48 Å². The first kappa shape index (κ1) is 17.7. The van der Waals surface area contributed by atoms with E-state index in [-0.39, 0.29) is 18.3 Å². The molecular weight excluding hydrogens is 324 g/mol. The number of hydrogen-bond donors (Lipinski definition) is 1. The Labute approximate surface area is 150 Å². The van der Waals surface area contributed by atoms with Crippen LogP contribution in [0.1, 0.15) is 67.9 Å². The van der Waals surface area contributed by atoms with Gasteiger partial charge in [0.25, 0.3) is 5.91 Å².